The third-order valence-corrected chi connectivity index (χ3v) is 2.77. The Morgan fingerprint density at radius 1 is 0.688 bits per heavy atom. The zero-order valence-corrected chi connectivity index (χ0v) is 8.12. The van der Waals surface area contributed by atoms with Gasteiger partial charge in [0.25, 0.3) is 0 Å². The first-order valence-corrected chi connectivity index (χ1v) is 4.90. The van der Waals surface area contributed by atoms with Crippen molar-refractivity contribution >= 4 is 32.8 Å². The Morgan fingerprint density at radius 3 is 2.62 bits per heavy atom. The van der Waals surface area contributed by atoms with Crippen molar-refractivity contribution in [2.75, 3.05) is 0 Å². The van der Waals surface area contributed by atoms with Gasteiger partial charge in [0.2, 0.25) is 5.65 Å². The topological polar surface area (TPSA) is 64.5 Å². The van der Waals surface area contributed by atoms with Gasteiger partial charge in [-0.3, -0.25) is 0 Å². The molecule has 0 radical (unpaired) electrons. The van der Waals surface area contributed by atoms with E-state index < -0.39 is 0 Å². The first-order chi connectivity index (χ1) is 7.93. The standard InChI is InChI=1S/C11H5N5/c1-2-6-4-5-8-10-9(6)7(3-1)12-14-11(10)15-16-13-8/h1-5H. The smallest absolute Gasteiger partial charge is 0.148 e. The van der Waals surface area contributed by atoms with Crippen LogP contribution in [0.15, 0.2) is 30.3 Å². The summed E-state index contributed by atoms with van der Waals surface area (Å²) in [6, 6.07) is 9.90. The fourth-order valence-corrected chi connectivity index (χ4v) is 2.08. The van der Waals surface area contributed by atoms with Crippen molar-refractivity contribution < 1.29 is 0 Å². The SMILES string of the molecule is c1cc2ccc3nnnc4nnc(c1)c2c34. The van der Waals surface area contributed by atoms with Crippen molar-refractivity contribution in [1.29, 1.82) is 0 Å². The summed E-state index contributed by atoms with van der Waals surface area (Å²) in [5.74, 6) is 0. The second-order valence-corrected chi connectivity index (χ2v) is 3.65. The van der Waals surface area contributed by atoms with Crippen molar-refractivity contribution in [2.24, 2.45) is 0 Å². The molecule has 0 aliphatic carbocycles. The Labute approximate surface area is 89.5 Å². The molecule has 74 valence electrons. The zero-order chi connectivity index (χ0) is 10.5. The number of hydrogen-bond donors (Lipinski definition) is 0. The van der Waals surface area contributed by atoms with E-state index >= 15 is 0 Å². The highest BCUT2D eigenvalue weighted by Crippen LogP contribution is 2.29. The molecule has 2 heterocycles. The molecule has 5 heteroatoms. The third-order valence-electron chi connectivity index (χ3n) is 2.77. The molecule has 0 aliphatic rings. The second kappa shape index (κ2) is 2.57. The molecule has 0 N–H and O–H groups in total. The molecule has 4 aromatic rings. The van der Waals surface area contributed by atoms with Gasteiger partial charge >= 0.3 is 0 Å². The van der Waals surface area contributed by atoms with Crippen LogP contribution in [0.1, 0.15) is 0 Å². The van der Waals surface area contributed by atoms with Gasteiger partial charge in [-0.25, -0.2) is 0 Å². The highest BCUT2D eigenvalue weighted by Gasteiger charge is 2.11. The molecule has 16 heavy (non-hydrogen) atoms. The van der Waals surface area contributed by atoms with Crippen LogP contribution in [0.2, 0.25) is 0 Å². The maximum Gasteiger partial charge on any atom is 0.208 e. The second-order valence-electron chi connectivity index (χ2n) is 3.65. The summed E-state index contributed by atoms with van der Waals surface area (Å²) >= 11 is 0. The van der Waals surface area contributed by atoms with Gasteiger partial charge in [-0.2, -0.15) is 0 Å². The number of benzene rings is 2. The molecule has 0 fully saturated rings. The van der Waals surface area contributed by atoms with Gasteiger partial charge in [0, 0.05) is 5.39 Å². The zero-order valence-electron chi connectivity index (χ0n) is 8.12. The normalized spacial score (nSPS) is 11.8. The molecule has 0 saturated heterocycles. The van der Waals surface area contributed by atoms with Crippen LogP contribution in [0.3, 0.4) is 0 Å². The molecule has 0 amide bonds. The molecular formula is C11H5N5. The molecule has 2 aromatic carbocycles. The number of rotatable bonds is 0. The lowest BCUT2D eigenvalue weighted by Gasteiger charge is -2.05. The number of hydrogen-bond acceptors (Lipinski definition) is 5. The van der Waals surface area contributed by atoms with Gasteiger partial charge in [-0.05, 0) is 22.7 Å². The molecule has 4 rings (SSSR count). The fraction of sp³-hybridized carbons (Fsp3) is 0. The van der Waals surface area contributed by atoms with Gasteiger partial charge < -0.3 is 0 Å². The first kappa shape index (κ1) is 7.81. The lowest BCUT2D eigenvalue weighted by molar-refractivity contribution is 0.895. The van der Waals surface area contributed by atoms with Crippen LogP contribution < -0.4 is 0 Å². The maximum absolute atomic E-state index is 4.13. The summed E-state index contributed by atoms with van der Waals surface area (Å²) in [4.78, 5) is 0. The summed E-state index contributed by atoms with van der Waals surface area (Å²) in [6.07, 6.45) is 0. The molecule has 0 spiro atoms. The maximum atomic E-state index is 4.13. The molecule has 5 nitrogen and oxygen atoms in total. The van der Waals surface area contributed by atoms with E-state index in [9.17, 15) is 0 Å². The highest BCUT2D eigenvalue weighted by atomic mass is 15.3. The minimum absolute atomic E-state index is 0.550. The van der Waals surface area contributed by atoms with Crippen LogP contribution in [0, 0.1) is 0 Å². The number of aromatic nitrogens is 5. The molecular weight excluding hydrogens is 202 g/mol. The Morgan fingerprint density at radius 2 is 1.62 bits per heavy atom. The average molecular weight is 207 g/mol. The van der Waals surface area contributed by atoms with Crippen LogP contribution >= 0.6 is 0 Å². The first-order valence-electron chi connectivity index (χ1n) is 4.90. The summed E-state index contributed by atoms with van der Waals surface area (Å²) in [7, 11) is 0. The Balaban J connectivity index is 2.51. The van der Waals surface area contributed by atoms with E-state index in [4.69, 9.17) is 0 Å². The Hall–Kier alpha value is -2.43. The van der Waals surface area contributed by atoms with Gasteiger partial charge in [-0.15, -0.1) is 20.4 Å². The van der Waals surface area contributed by atoms with E-state index in [1.165, 1.54) is 0 Å². The van der Waals surface area contributed by atoms with E-state index in [2.05, 4.69) is 25.6 Å². The molecule has 0 saturated carbocycles. The summed E-state index contributed by atoms with van der Waals surface area (Å²) in [5, 5.41) is 22.9. The number of nitrogens with zero attached hydrogens (tertiary/aromatic N) is 5. The largest absolute Gasteiger partial charge is 0.208 e. The predicted octanol–water partition coefficient (Wildman–Crippen LogP) is 1.56. The fourth-order valence-electron chi connectivity index (χ4n) is 2.08. The monoisotopic (exact) mass is 207 g/mol. The van der Waals surface area contributed by atoms with Crippen LogP contribution in [0.25, 0.3) is 32.8 Å². The van der Waals surface area contributed by atoms with E-state index in [-0.39, 0.29) is 0 Å². The van der Waals surface area contributed by atoms with Crippen LogP contribution in [0.5, 0.6) is 0 Å². The van der Waals surface area contributed by atoms with Crippen LogP contribution in [-0.2, 0) is 0 Å². The predicted molar refractivity (Wildman–Crippen MR) is 59.1 cm³/mol. The summed E-state index contributed by atoms with van der Waals surface area (Å²) in [5.41, 5.74) is 2.23. The lowest BCUT2D eigenvalue weighted by atomic mass is 10.0. The van der Waals surface area contributed by atoms with Crippen molar-refractivity contribution in [3.05, 3.63) is 30.3 Å². The highest BCUT2D eigenvalue weighted by molar-refractivity contribution is 6.18. The lowest BCUT2D eigenvalue weighted by Crippen LogP contribution is -1.96. The average Bonchev–Trinajstić information content (AvgIpc) is 2.36. The van der Waals surface area contributed by atoms with Gasteiger partial charge in [0.1, 0.15) is 0 Å². The van der Waals surface area contributed by atoms with Crippen molar-refractivity contribution in [1.82, 2.24) is 25.6 Å². The summed E-state index contributed by atoms with van der Waals surface area (Å²) in [6.45, 7) is 0. The van der Waals surface area contributed by atoms with E-state index in [0.717, 1.165) is 27.2 Å². The quantitative estimate of drug-likeness (QED) is 0.409. The van der Waals surface area contributed by atoms with E-state index in [1.54, 1.807) is 0 Å². The molecule has 0 aliphatic heterocycles. The van der Waals surface area contributed by atoms with Gasteiger partial charge in [0.05, 0.1) is 16.4 Å². The van der Waals surface area contributed by atoms with Gasteiger partial charge in [0.15, 0.2) is 0 Å². The van der Waals surface area contributed by atoms with Crippen molar-refractivity contribution in [3.8, 4) is 0 Å². The van der Waals surface area contributed by atoms with Crippen molar-refractivity contribution in [2.45, 2.75) is 0 Å². The molecule has 0 atom stereocenters. The van der Waals surface area contributed by atoms with Crippen LogP contribution in [0.4, 0.5) is 0 Å². The minimum atomic E-state index is 0.550. The van der Waals surface area contributed by atoms with Gasteiger partial charge in [-0.1, -0.05) is 18.2 Å². The Kier molecular flexibility index (Phi) is 1.26. The van der Waals surface area contributed by atoms with E-state index in [0.29, 0.717) is 5.65 Å². The molecule has 0 bridgehead atoms. The minimum Gasteiger partial charge on any atom is -0.148 e. The third kappa shape index (κ3) is 0.826. The van der Waals surface area contributed by atoms with Crippen molar-refractivity contribution in [3.63, 3.8) is 0 Å². The molecule has 0 unspecified atom stereocenters. The molecule has 2 aromatic heterocycles. The Bertz CT molecular complexity index is 681. The van der Waals surface area contributed by atoms with Crippen LogP contribution in [-0.4, -0.2) is 25.6 Å². The summed E-state index contributed by atoms with van der Waals surface area (Å²) < 4.78 is 0. The van der Waals surface area contributed by atoms with E-state index in [1.807, 2.05) is 30.3 Å².